The standard InChI is InChI=1S/C19H27NS/c1-5-8-20-17(12-18-7-6-9-21-18)13-19-15(3)10-14(2)11-16(19)4/h6-7,9-11,17,20H,5,8,12-13H2,1-4H3. The molecule has 1 aromatic carbocycles. The first-order valence-electron chi connectivity index (χ1n) is 7.92. The van der Waals surface area contributed by atoms with Crippen LogP contribution in [-0.2, 0) is 12.8 Å². The largest absolute Gasteiger partial charge is 0.313 e. The summed E-state index contributed by atoms with van der Waals surface area (Å²) >= 11 is 1.87. The SMILES string of the molecule is CCCNC(Cc1cccs1)Cc1c(C)cc(C)cc1C. The fourth-order valence-corrected chi connectivity index (χ4v) is 3.80. The molecule has 0 aliphatic heterocycles. The molecule has 1 N–H and O–H groups in total. The molecule has 0 aliphatic carbocycles. The minimum atomic E-state index is 0.531. The highest BCUT2D eigenvalue weighted by atomic mass is 32.1. The molecule has 0 amide bonds. The minimum absolute atomic E-state index is 0.531. The van der Waals surface area contributed by atoms with Crippen molar-refractivity contribution in [1.82, 2.24) is 5.32 Å². The van der Waals surface area contributed by atoms with Crippen LogP contribution in [-0.4, -0.2) is 12.6 Å². The van der Waals surface area contributed by atoms with Gasteiger partial charge in [-0.15, -0.1) is 11.3 Å². The second-order valence-electron chi connectivity index (χ2n) is 6.02. The average molecular weight is 301 g/mol. The molecule has 0 fully saturated rings. The third-order valence-corrected chi connectivity index (χ3v) is 4.90. The van der Waals surface area contributed by atoms with Gasteiger partial charge in [0.2, 0.25) is 0 Å². The molecular weight excluding hydrogens is 274 g/mol. The van der Waals surface area contributed by atoms with Crippen LogP contribution >= 0.6 is 11.3 Å². The monoisotopic (exact) mass is 301 g/mol. The fourth-order valence-electron chi connectivity index (χ4n) is 3.01. The van der Waals surface area contributed by atoms with E-state index in [0.29, 0.717) is 6.04 Å². The van der Waals surface area contributed by atoms with Gasteiger partial charge in [-0.25, -0.2) is 0 Å². The van der Waals surface area contributed by atoms with E-state index in [4.69, 9.17) is 0 Å². The molecule has 2 aromatic rings. The minimum Gasteiger partial charge on any atom is -0.313 e. The van der Waals surface area contributed by atoms with E-state index in [-0.39, 0.29) is 0 Å². The van der Waals surface area contributed by atoms with Gasteiger partial charge in [-0.2, -0.15) is 0 Å². The molecular formula is C19H27NS. The van der Waals surface area contributed by atoms with Crippen molar-refractivity contribution in [3.05, 3.63) is 56.8 Å². The van der Waals surface area contributed by atoms with Crippen LogP contribution in [0.25, 0.3) is 0 Å². The van der Waals surface area contributed by atoms with Gasteiger partial charge >= 0.3 is 0 Å². The lowest BCUT2D eigenvalue weighted by atomic mass is 9.93. The van der Waals surface area contributed by atoms with Crippen LogP contribution in [0.3, 0.4) is 0 Å². The lowest BCUT2D eigenvalue weighted by Gasteiger charge is -2.21. The van der Waals surface area contributed by atoms with Crippen molar-refractivity contribution in [1.29, 1.82) is 0 Å². The maximum absolute atomic E-state index is 3.73. The lowest BCUT2D eigenvalue weighted by Crippen LogP contribution is -2.34. The number of hydrogen-bond acceptors (Lipinski definition) is 2. The van der Waals surface area contributed by atoms with Crippen LogP contribution in [0, 0.1) is 20.8 Å². The highest BCUT2D eigenvalue weighted by molar-refractivity contribution is 7.09. The first-order chi connectivity index (χ1) is 10.1. The summed E-state index contributed by atoms with van der Waals surface area (Å²) in [6, 6.07) is 9.55. The Morgan fingerprint density at radius 2 is 1.81 bits per heavy atom. The number of hydrogen-bond donors (Lipinski definition) is 1. The van der Waals surface area contributed by atoms with Gasteiger partial charge in [0.25, 0.3) is 0 Å². The van der Waals surface area contributed by atoms with Crippen molar-refractivity contribution in [3.8, 4) is 0 Å². The van der Waals surface area contributed by atoms with Gasteiger partial charge in [0.05, 0.1) is 0 Å². The Balaban J connectivity index is 2.14. The molecule has 0 bridgehead atoms. The zero-order valence-corrected chi connectivity index (χ0v) is 14.5. The Bertz CT molecular complexity index is 534. The van der Waals surface area contributed by atoms with E-state index in [1.807, 2.05) is 11.3 Å². The highest BCUT2D eigenvalue weighted by Gasteiger charge is 2.14. The molecule has 1 heterocycles. The van der Waals surface area contributed by atoms with E-state index < -0.39 is 0 Å². The molecule has 2 rings (SSSR count). The maximum Gasteiger partial charge on any atom is 0.0156 e. The smallest absolute Gasteiger partial charge is 0.0156 e. The van der Waals surface area contributed by atoms with Crippen molar-refractivity contribution in [2.24, 2.45) is 0 Å². The number of thiophene rings is 1. The normalized spacial score (nSPS) is 12.6. The molecule has 0 saturated carbocycles. The number of rotatable bonds is 7. The molecule has 114 valence electrons. The molecule has 0 aliphatic rings. The van der Waals surface area contributed by atoms with Crippen molar-refractivity contribution < 1.29 is 0 Å². The summed E-state index contributed by atoms with van der Waals surface area (Å²) in [4.78, 5) is 1.48. The molecule has 0 saturated heterocycles. The number of aryl methyl sites for hydroxylation is 3. The van der Waals surface area contributed by atoms with E-state index in [2.05, 4.69) is 62.7 Å². The quantitative estimate of drug-likeness (QED) is 0.772. The summed E-state index contributed by atoms with van der Waals surface area (Å²) in [6.45, 7) is 10.0. The Kier molecular flexibility index (Phi) is 6.01. The van der Waals surface area contributed by atoms with E-state index >= 15 is 0 Å². The van der Waals surface area contributed by atoms with Crippen LogP contribution < -0.4 is 5.32 Å². The van der Waals surface area contributed by atoms with E-state index in [9.17, 15) is 0 Å². The van der Waals surface area contributed by atoms with E-state index in [1.165, 1.54) is 33.6 Å². The molecule has 2 heteroatoms. The summed E-state index contributed by atoms with van der Waals surface area (Å²) in [6.07, 6.45) is 3.44. The predicted octanol–water partition coefficient (Wildman–Crippen LogP) is 4.83. The van der Waals surface area contributed by atoms with Gasteiger partial charge in [-0.3, -0.25) is 0 Å². The molecule has 1 unspecified atom stereocenters. The summed E-state index contributed by atoms with van der Waals surface area (Å²) in [5.74, 6) is 0. The average Bonchev–Trinajstić information content (AvgIpc) is 2.92. The van der Waals surface area contributed by atoms with Gasteiger partial charge in [0.15, 0.2) is 0 Å². The topological polar surface area (TPSA) is 12.0 Å². The van der Waals surface area contributed by atoms with Gasteiger partial charge in [0, 0.05) is 10.9 Å². The molecule has 0 radical (unpaired) electrons. The van der Waals surface area contributed by atoms with Crippen molar-refractivity contribution in [2.45, 2.75) is 53.0 Å². The van der Waals surface area contributed by atoms with Gasteiger partial charge in [-0.1, -0.05) is 30.7 Å². The summed E-state index contributed by atoms with van der Waals surface area (Å²) < 4.78 is 0. The zero-order chi connectivity index (χ0) is 15.2. The molecule has 21 heavy (non-hydrogen) atoms. The second-order valence-corrected chi connectivity index (χ2v) is 7.05. The summed E-state index contributed by atoms with van der Waals surface area (Å²) in [7, 11) is 0. The predicted molar refractivity (Wildman–Crippen MR) is 94.5 cm³/mol. The zero-order valence-electron chi connectivity index (χ0n) is 13.7. The second kappa shape index (κ2) is 7.77. The van der Waals surface area contributed by atoms with Gasteiger partial charge < -0.3 is 5.32 Å². The Labute approximate surface area is 133 Å². The van der Waals surface area contributed by atoms with Gasteiger partial charge in [-0.05, 0) is 74.7 Å². The Morgan fingerprint density at radius 3 is 2.38 bits per heavy atom. The fraction of sp³-hybridized carbons (Fsp3) is 0.474. The molecule has 1 aromatic heterocycles. The van der Waals surface area contributed by atoms with E-state index in [0.717, 1.165) is 19.4 Å². The summed E-state index contributed by atoms with van der Waals surface area (Å²) in [5, 5.41) is 5.91. The van der Waals surface area contributed by atoms with Crippen LogP contribution in [0.2, 0.25) is 0 Å². The van der Waals surface area contributed by atoms with Crippen LogP contribution in [0.5, 0.6) is 0 Å². The van der Waals surface area contributed by atoms with Crippen molar-refractivity contribution in [2.75, 3.05) is 6.54 Å². The molecule has 1 atom stereocenters. The van der Waals surface area contributed by atoms with Crippen LogP contribution in [0.15, 0.2) is 29.6 Å². The third kappa shape index (κ3) is 4.69. The van der Waals surface area contributed by atoms with Crippen molar-refractivity contribution >= 4 is 11.3 Å². The summed E-state index contributed by atoms with van der Waals surface area (Å²) in [5.41, 5.74) is 5.75. The molecule has 1 nitrogen and oxygen atoms in total. The highest BCUT2D eigenvalue weighted by Crippen LogP contribution is 2.20. The Hall–Kier alpha value is -1.12. The molecule has 0 spiro atoms. The lowest BCUT2D eigenvalue weighted by molar-refractivity contribution is 0.506. The third-order valence-electron chi connectivity index (χ3n) is 4.00. The Morgan fingerprint density at radius 1 is 1.10 bits per heavy atom. The first kappa shape index (κ1) is 16.3. The van der Waals surface area contributed by atoms with Crippen LogP contribution in [0.1, 0.15) is 40.5 Å². The van der Waals surface area contributed by atoms with Gasteiger partial charge in [0.1, 0.15) is 0 Å². The van der Waals surface area contributed by atoms with Crippen LogP contribution in [0.4, 0.5) is 0 Å². The maximum atomic E-state index is 3.73. The van der Waals surface area contributed by atoms with E-state index in [1.54, 1.807) is 0 Å². The number of nitrogens with one attached hydrogen (secondary N) is 1. The number of benzene rings is 1. The van der Waals surface area contributed by atoms with Crippen molar-refractivity contribution in [3.63, 3.8) is 0 Å². The first-order valence-corrected chi connectivity index (χ1v) is 8.80.